The van der Waals surface area contributed by atoms with Crippen LogP contribution < -0.4 is 0 Å². The van der Waals surface area contributed by atoms with Crippen LogP contribution in [0.3, 0.4) is 0 Å². The first-order valence-electron chi connectivity index (χ1n) is 4.41. The smallest absolute Gasteiger partial charge is 0.314 e. The van der Waals surface area contributed by atoms with Gasteiger partial charge >= 0.3 is 5.97 Å². The molecule has 0 aromatic carbocycles. The summed E-state index contributed by atoms with van der Waals surface area (Å²) in [7, 11) is 0. The highest BCUT2D eigenvalue weighted by molar-refractivity contribution is 5.80. The average molecular weight is 166 g/mol. The minimum Gasteiger partial charge on any atom is -0.461 e. The summed E-state index contributed by atoms with van der Waals surface area (Å²) in [5, 5.41) is 0. The second kappa shape index (κ2) is 2.12. The second-order valence-electron chi connectivity index (χ2n) is 4.38. The first-order valence-corrected chi connectivity index (χ1v) is 4.41. The summed E-state index contributed by atoms with van der Waals surface area (Å²) in [6.07, 6.45) is 2.03. The summed E-state index contributed by atoms with van der Waals surface area (Å²) < 4.78 is 5.27. The van der Waals surface area contributed by atoms with Crippen LogP contribution in [0.25, 0.3) is 0 Å². The molecule has 2 aliphatic rings. The first kappa shape index (κ1) is 7.84. The van der Waals surface area contributed by atoms with Crippen LogP contribution >= 0.6 is 0 Å². The van der Waals surface area contributed by atoms with Crippen molar-refractivity contribution in [2.24, 2.45) is 11.3 Å². The predicted molar refractivity (Wildman–Crippen MR) is 45.5 cm³/mol. The van der Waals surface area contributed by atoms with E-state index in [4.69, 9.17) is 4.74 Å². The Hall–Kier alpha value is -0.790. The van der Waals surface area contributed by atoms with Gasteiger partial charge in [-0.2, -0.15) is 0 Å². The van der Waals surface area contributed by atoms with E-state index in [0.717, 1.165) is 18.4 Å². The predicted octanol–water partition coefficient (Wildman–Crippen LogP) is 1.90. The zero-order chi connectivity index (χ0) is 8.93. The molecule has 0 unspecified atom stereocenters. The molecule has 1 saturated carbocycles. The minimum atomic E-state index is -0.0625. The Balaban J connectivity index is 2.42. The zero-order valence-corrected chi connectivity index (χ0v) is 7.59. The van der Waals surface area contributed by atoms with Gasteiger partial charge in [-0.1, -0.05) is 26.0 Å². The molecule has 2 fully saturated rings. The molecule has 1 heterocycles. The molecule has 12 heavy (non-hydrogen) atoms. The summed E-state index contributed by atoms with van der Waals surface area (Å²) in [5.41, 5.74) is 1.03. The third kappa shape index (κ3) is 0.780. The van der Waals surface area contributed by atoms with Crippen LogP contribution in [-0.4, -0.2) is 12.1 Å². The van der Waals surface area contributed by atoms with Gasteiger partial charge in [0.15, 0.2) is 0 Å². The van der Waals surface area contributed by atoms with E-state index in [-0.39, 0.29) is 23.4 Å². The summed E-state index contributed by atoms with van der Waals surface area (Å²) in [5.74, 6) is -0.108. The molecular formula is C10H14O2. The van der Waals surface area contributed by atoms with Crippen LogP contribution in [0.4, 0.5) is 0 Å². The normalized spacial score (nSPS) is 38.2. The molecule has 66 valence electrons. The molecule has 2 nitrogen and oxygen atoms in total. The van der Waals surface area contributed by atoms with Crippen molar-refractivity contribution in [2.45, 2.75) is 32.8 Å². The van der Waals surface area contributed by atoms with E-state index < -0.39 is 0 Å². The molecule has 0 amide bonds. The molecule has 0 spiro atoms. The number of fused-ring (bicyclic) bond motifs is 2. The monoisotopic (exact) mass is 166 g/mol. The van der Waals surface area contributed by atoms with Crippen molar-refractivity contribution < 1.29 is 9.53 Å². The Morgan fingerprint density at radius 1 is 1.58 bits per heavy atom. The van der Waals surface area contributed by atoms with Crippen LogP contribution in [0, 0.1) is 11.3 Å². The molecule has 0 aromatic rings. The second-order valence-corrected chi connectivity index (χ2v) is 4.38. The van der Waals surface area contributed by atoms with Crippen molar-refractivity contribution in [3.05, 3.63) is 12.2 Å². The van der Waals surface area contributed by atoms with Crippen LogP contribution in [0.1, 0.15) is 26.7 Å². The van der Waals surface area contributed by atoms with Gasteiger partial charge in [-0.15, -0.1) is 0 Å². The largest absolute Gasteiger partial charge is 0.461 e. The van der Waals surface area contributed by atoms with Gasteiger partial charge < -0.3 is 4.74 Å². The Morgan fingerprint density at radius 3 is 2.83 bits per heavy atom. The lowest BCUT2D eigenvalue weighted by molar-refractivity contribution is -0.142. The van der Waals surface area contributed by atoms with Crippen molar-refractivity contribution in [2.75, 3.05) is 0 Å². The molecule has 2 heteroatoms. The van der Waals surface area contributed by atoms with Gasteiger partial charge in [-0.25, -0.2) is 0 Å². The lowest BCUT2D eigenvalue weighted by Crippen LogP contribution is -2.35. The molecule has 2 atom stereocenters. The number of carbonyl (C=O) groups excluding carboxylic acids is 1. The molecule has 0 aromatic heterocycles. The molecule has 2 bridgehead atoms. The van der Waals surface area contributed by atoms with Gasteiger partial charge in [0.2, 0.25) is 0 Å². The Labute approximate surface area is 72.6 Å². The SMILES string of the molecule is C=C1CC[C@H]2OC(=O)[C@@H]1C2(C)C. The highest BCUT2D eigenvalue weighted by Crippen LogP contribution is 2.50. The Bertz CT molecular complexity index is 245. The van der Waals surface area contributed by atoms with Crippen LogP contribution in [-0.2, 0) is 9.53 Å². The van der Waals surface area contributed by atoms with Crippen molar-refractivity contribution in [3.8, 4) is 0 Å². The van der Waals surface area contributed by atoms with Crippen LogP contribution in [0.2, 0.25) is 0 Å². The number of rotatable bonds is 0. The third-order valence-electron chi connectivity index (χ3n) is 3.20. The van der Waals surface area contributed by atoms with Gasteiger partial charge in [0, 0.05) is 5.41 Å². The maximum absolute atomic E-state index is 11.4. The standard InChI is InChI=1S/C10H14O2/c1-6-4-5-7-10(2,3)8(6)9(11)12-7/h7-8H,1,4-5H2,2-3H3/t7-,8-/m1/s1. The zero-order valence-electron chi connectivity index (χ0n) is 7.59. The topological polar surface area (TPSA) is 26.3 Å². The van der Waals surface area contributed by atoms with E-state index >= 15 is 0 Å². The molecule has 2 rings (SSSR count). The molecule has 1 aliphatic heterocycles. The number of hydrogen-bond donors (Lipinski definition) is 0. The van der Waals surface area contributed by atoms with Crippen LogP contribution in [0.5, 0.6) is 0 Å². The molecule has 1 aliphatic carbocycles. The Morgan fingerprint density at radius 2 is 2.25 bits per heavy atom. The summed E-state index contributed by atoms with van der Waals surface area (Å²) in [6.45, 7) is 8.13. The highest BCUT2D eigenvalue weighted by atomic mass is 16.6. The molecule has 1 saturated heterocycles. The molecule has 0 radical (unpaired) electrons. The fourth-order valence-corrected chi connectivity index (χ4v) is 2.43. The van der Waals surface area contributed by atoms with E-state index in [1.54, 1.807) is 0 Å². The van der Waals surface area contributed by atoms with E-state index in [1.807, 2.05) is 0 Å². The highest BCUT2D eigenvalue weighted by Gasteiger charge is 2.54. The van der Waals surface area contributed by atoms with Gasteiger partial charge in [0.25, 0.3) is 0 Å². The van der Waals surface area contributed by atoms with Crippen molar-refractivity contribution >= 4 is 5.97 Å². The number of ether oxygens (including phenoxy) is 1. The Kier molecular flexibility index (Phi) is 1.39. The lowest BCUT2D eigenvalue weighted by atomic mass is 9.67. The number of hydrogen-bond acceptors (Lipinski definition) is 2. The van der Waals surface area contributed by atoms with E-state index in [2.05, 4.69) is 20.4 Å². The van der Waals surface area contributed by atoms with Gasteiger partial charge in [-0.05, 0) is 12.8 Å². The van der Waals surface area contributed by atoms with Gasteiger partial charge in [-0.3, -0.25) is 4.79 Å². The minimum absolute atomic E-state index is 0.0214. The van der Waals surface area contributed by atoms with E-state index in [9.17, 15) is 4.79 Å². The fourth-order valence-electron chi connectivity index (χ4n) is 2.43. The average Bonchev–Trinajstić information content (AvgIpc) is 2.12. The summed E-state index contributed by atoms with van der Waals surface area (Å²) in [6, 6.07) is 0. The maximum atomic E-state index is 11.4. The summed E-state index contributed by atoms with van der Waals surface area (Å²) in [4.78, 5) is 11.4. The fraction of sp³-hybridized carbons (Fsp3) is 0.700. The van der Waals surface area contributed by atoms with Crippen molar-refractivity contribution in [1.82, 2.24) is 0 Å². The van der Waals surface area contributed by atoms with Crippen LogP contribution in [0.15, 0.2) is 12.2 Å². The van der Waals surface area contributed by atoms with Crippen molar-refractivity contribution in [1.29, 1.82) is 0 Å². The van der Waals surface area contributed by atoms with E-state index in [0.29, 0.717) is 0 Å². The number of carbonyl (C=O) groups is 1. The number of esters is 1. The van der Waals surface area contributed by atoms with Crippen molar-refractivity contribution in [3.63, 3.8) is 0 Å². The lowest BCUT2D eigenvalue weighted by Gasteiger charge is -2.34. The molecular weight excluding hydrogens is 152 g/mol. The molecule has 0 N–H and O–H groups in total. The maximum Gasteiger partial charge on any atom is 0.314 e. The van der Waals surface area contributed by atoms with Gasteiger partial charge in [0.1, 0.15) is 6.10 Å². The first-order chi connectivity index (χ1) is 5.53. The third-order valence-corrected chi connectivity index (χ3v) is 3.20. The quantitative estimate of drug-likeness (QED) is 0.406. The van der Waals surface area contributed by atoms with E-state index in [1.165, 1.54) is 0 Å². The summed E-state index contributed by atoms with van der Waals surface area (Å²) >= 11 is 0. The van der Waals surface area contributed by atoms with Gasteiger partial charge in [0.05, 0.1) is 5.92 Å².